The van der Waals surface area contributed by atoms with E-state index < -0.39 is 0 Å². The van der Waals surface area contributed by atoms with Gasteiger partial charge in [-0.25, -0.2) is 14.4 Å². The van der Waals surface area contributed by atoms with Gasteiger partial charge in [0.05, 0.1) is 0 Å². The average Bonchev–Trinajstić information content (AvgIpc) is 2.46. The maximum atomic E-state index is 12.9. The van der Waals surface area contributed by atoms with Gasteiger partial charge < -0.3 is 10.6 Å². The molecule has 0 aliphatic heterocycles. The SMILES string of the molecule is CN(Cc1ccc(F)cc1)c1cc(C2CC(N)C2)ncn1.Cl.Cl. The van der Waals surface area contributed by atoms with Crippen LogP contribution < -0.4 is 10.6 Å². The third-order valence-electron chi connectivity index (χ3n) is 3.99. The van der Waals surface area contributed by atoms with Crippen molar-refractivity contribution in [2.75, 3.05) is 11.9 Å². The lowest BCUT2D eigenvalue weighted by Gasteiger charge is -2.32. The van der Waals surface area contributed by atoms with Crippen LogP contribution in [0, 0.1) is 5.82 Å². The molecule has 126 valence electrons. The second-order valence-corrected chi connectivity index (χ2v) is 5.71. The summed E-state index contributed by atoms with van der Waals surface area (Å²) in [6.07, 6.45) is 3.60. The number of benzene rings is 1. The van der Waals surface area contributed by atoms with Gasteiger partial charge in [0.1, 0.15) is 18.0 Å². The van der Waals surface area contributed by atoms with Crippen molar-refractivity contribution in [2.24, 2.45) is 5.73 Å². The highest BCUT2D eigenvalue weighted by Gasteiger charge is 2.28. The van der Waals surface area contributed by atoms with Crippen molar-refractivity contribution in [3.05, 3.63) is 53.7 Å². The Kier molecular flexibility index (Phi) is 7.19. The largest absolute Gasteiger partial charge is 0.355 e. The smallest absolute Gasteiger partial charge is 0.132 e. The number of anilines is 1. The summed E-state index contributed by atoms with van der Waals surface area (Å²) in [7, 11) is 1.97. The van der Waals surface area contributed by atoms with E-state index in [4.69, 9.17) is 5.73 Å². The molecule has 2 N–H and O–H groups in total. The van der Waals surface area contributed by atoms with Crippen LogP contribution in [0.4, 0.5) is 10.2 Å². The molecule has 0 atom stereocenters. The molecule has 1 heterocycles. The number of nitrogens with zero attached hydrogens (tertiary/aromatic N) is 3. The molecule has 7 heteroatoms. The van der Waals surface area contributed by atoms with Gasteiger partial charge in [0, 0.05) is 37.3 Å². The van der Waals surface area contributed by atoms with Crippen LogP contribution in [0.2, 0.25) is 0 Å². The molecule has 0 amide bonds. The number of hydrogen-bond acceptors (Lipinski definition) is 4. The zero-order chi connectivity index (χ0) is 14.8. The third-order valence-corrected chi connectivity index (χ3v) is 3.99. The van der Waals surface area contributed by atoms with Crippen LogP contribution in [0.1, 0.15) is 30.0 Å². The van der Waals surface area contributed by atoms with Gasteiger partial charge in [-0.2, -0.15) is 0 Å². The predicted octanol–water partition coefficient (Wildman–Crippen LogP) is 3.30. The Morgan fingerprint density at radius 1 is 1.17 bits per heavy atom. The average molecular weight is 359 g/mol. The summed E-state index contributed by atoms with van der Waals surface area (Å²) in [4.78, 5) is 10.7. The molecule has 1 aliphatic carbocycles. The van der Waals surface area contributed by atoms with Gasteiger partial charge in [0.2, 0.25) is 0 Å². The van der Waals surface area contributed by atoms with Gasteiger partial charge in [-0.15, -0.1) is 24.8 Å². The Morgan fingerprint density at radius 2 is 1.83 bits per heavy atom. The van der Waals surface area contributed by atoms with E-state index in [1.165, 1.54) is 12.1 Å². The summed E-state index contributed by atoms with van der Waals surface area (Å²) in [5, 5.41) is 0. The van der Waals surface area contributed by atoms with Crippen molar-refractivity contribution in [1.82, 2.24) is 9.97 Å². The highest BCUT2D eigenvalue weighted by Crippen LogP contribution is 2.35. The second-order valence-electron chi connectivity index (χ2n) is 5.71. The van der Waals surface area contributed by atoms with Gasteiger partial charge in [-0.3, -0.25) is 0 Å². The minimum absolute atomic E-state index is 0. The molecule has 0 radical (unpaired) electrons. The first-order valence-corrected chi connectivity index (χ1v) is 7.15. The molecule has 1 fully saturated rings. The minimum atomic E-state index is -0.216. The van der Waals surface area contributed by atoms with Crippen LogP contribution in [0.15, 0.2) is 36.7 Å². The zero-order valence-electron chi connectivity index (χ0n) is 12.9. The molecule has 0 bridgehead atoms. The molecule has 0 unspecified atom stereocenters. The molecule has 0 spiro atoms. The number of aromatic nitrogens is 2. The quantitative estimate of drug-likeness (QED) is 0.910. The molecule has 4 nitrogen and oxygen atoms in total. The first-order chi connectivity index (χ1) is 10.1. The fourth-order valence-corrected chi connectivity index (χ4v) is 2.64. The summed E-state index contributed by atoms with van der Waals surface area (Å²) in [5.41, 5.74) is 7.94. The van der Waals surface area contributed by atoms with Gasteiger partial charge in [-0.1, -0.05) is 12.1 Å². The minimum Gasteiger partial charge on any atom is -0.355 e. The highest BCUT2D eigenvalue weighted by molar-refractivity contribution is 5.85. The molecule has 0 saturated heterocycles. The van der Waals surface area contributed by atoms with Crippen molar-refractivity contribution in [1.29, 1.82) is 0 Å². The molecule has 23 heavy (non-hydrogen) atoms. The van der Waals surface area contributed by atoms with Crippen molar-refractivity contribution in [3.8, 4) is 0 Å². The second kappa shape index (κ2) is 8.43. The highest BCUT2D eigenvalue weighted by atomic mass is 35.5. The molecule has 1 saturated carbocycles. The van der Waals surface area contributed by atoms with E-state index in [-0.39, 0.29) is 30.6 Å². The number of rotatable bonds is 4. The van der Waals surface area contributed by atoms with E-state index in [1.54, 1.807) is 18.5 Å². The Bertz CT molecular complexity index is 618. The van der Waals surface area contributed by atoms with E-state index in [9.17, 15) is 4.39 Å². The number of halogens is 3. The summed E-state index contributed by atoms with van der Waals surface area (Å²) in [6, 6.07) is 8.87. The lowest BCUT2D eigenvalue weighted by molar-refractivity contribution is 0.345. The van der Waals surface area contributed by atoms with Crippen LogP contribution >= 0.6 is 24.8 Å². The van der Waals surface area contributed by atoms with Crippen molar-refractivity contribution >= 4 is 30.6 Å². The molecule has 2 aromatic rings. The van der Waals surface area contributed by atoms with Gasteiger partial charge >= 0.3 is 0 Å². The maximum absolute atomic E-state index is 12.9. The number of hydrogen-bond donors (Lipinski definition) is 1. The zero-order valence-corrected chi connectivity index (χ0v) is 14.5. The van der Waals surface area contributed by atoms with Crippen molar-refractivity contribution in [3.63, 3.8) is 0 Å². The van der Waals surface area contributed by atoms with Gasteiger partial charge in [0.25, 0.3) is 0 Å². The monoisotopic (exact) mass is 358 g/mol. The summed E-state index contributed by atoms with van der Waals surface area (Å²) >= 11 is 0. The van der Waals surface area contributed by atoms with E-state index in [1.807, 2.05) is 18.0 Å². The molecule has 1 aromatic heterocycles. The number of nitrogens with two attached hydrogens (primary N) is 1. The Hall–Kier alpha value is -1.43. The van der Waals surface area contributed by atoms with Crippen LogP contribution in [0.25, 0.3) is 0 Å². The van der Waals surface area contributed by atoms with Crippen LogP contribution in [0.3, 0.4) is 0 Å². The molecule has 1 aromatic carbocycles. The Labute approximate surface area is 148 Å². The molecule has 3 rings (SSSR count). The van der Waals surface area contributed by atoms with Gasteiger partial charge in [-0.05, 0) is 30.5 Å². The Balaban J connectivity index is 0.00000132. The van der Waals surface area contributed by atoms with Gasteiger partial charge in [0.15, 0.2) is 0 Å². The first kappa shape index (κ1) is 19.6. The fourth-order valence-electron chi connectivity index (χ4n) is 2.64. The fraction of sp³-hybridized carbons (Fsp3) is 0.375. The molecular weight excluding hydrogens is 338 g/mol. The van der Waals surface area contributed by atoms with Crippen molar-refractivity contribution in [2.45, 2.75) is 31.3 Å². The standard InChI is InChI=1S/C16H19FN4.2ClH/c1-21(9-11-2-4-13(17)5-3-11)16-8-15(19-10-20-16)12-6-14(18)7-12;;/h2-5,8,10,12,14H,6-7,9,18H2,1H3;2*1H. The van der Waals surface area contributed by atoms with Crippen LogP contribution in [-0.2, 0) is 6.54 Å². The predicted molar refractivity (Wildman–Crippen MR) is 95.0 cm³/mol. The lowest BCUT2D eigenvalue weighted by atomic mass is 9.78. The topological polar surface area (TPSA) is 55.0 Å². The van der Waals surface area contributed by atoms with Crippen LogP contribution in [-0.4, -0.2) is 23.1 Å². The molecule has 1 aliphatic rings. The lowest BCUT2D eigenvalue weighted by Crippen LogP contribution is -2.35. The summed E-state index contributed by atoms with van der Waals surface area (Å²) in [5.74, 6) is 1.12. The molecular formula is C16H21Cl2FN4. The summed E-state index contributed by atoms with van der Waals surface area (Å²) in [6.45, 7) is 0.681. The Morgan fingerprint density at radius 3 is 2.43 bits per heavy atom. The van der Waals surface area contributed by atoms with E-state index in [2.05, 4.69) is 9.97 Å². The third kappa shape index (κ3) is 4.77. The van der Waals surface area contributed by atoms with E-state index in [0.29, 0.717) is 18.5 Å². The maximum Gasteiger partial charge on any atom is 0.132 e. The van der Waals surface area contributed by atoms with E-state index in [0.717, 1.165) is 29.9 Å². The normalized spacial score (nSPS) is 19.1. The van der Waals surface area contributed by atoms with Crippen molar-refractivity contribution < 1.29 is 4.39 Å². The van der Waals surface area contributed by atoms with Crippen LogP contribution in [0.5, 0.6) is 0 Å². The first-order valence-electron chi connectivity index (χ1n) is 7.15. The summed E-state index contributed by atoms with van der Waals surface area (Å²) < 4.78 is 12.9. The van der Waals surface area contributed by atoms with E-state index >= 15 is 0 Å².